The number of aromatic nitrogens is 1. The molecule has 0 radical (unpaired) electrons. The second kappa shape index (κ2) is 10.5. The molecule has 1 rings (SSSR count). The first-order valence-electron chi connectivity index (χ1n) is 7.29. The van der Waals surface area contributed by atoms with E-state index in [0.717, 1.165) is 16.7 Å². The number of pyridine rings is 1. The van der Waals surface area contributed by atoms with Gasteiger partial charge in [0.2, 0.25) is 0 Å². The van der Waals surface area contributed by atoms with Crippen molar-refractivity contribution in [3.8, 4) is 0 Å². The molecule has 0 bridgehead atoms. The van der Waals surface area contributed by atoms with Gasteiger partial charge in [-0.2, -0.15) is 0 Å². The molecule has 0 atom stereocenters. The van der Waals surface area contributed by atoms with Gasteiger partial charge in [0.1, 0.15) is 5.15 Å². The Labute approximate surface area is 130 Å². The third-order valence-electron chi connectivity index (χ3n) is 3.16. The van der Waals surface area contributed by atoms with Crippen molar-refractivity contribution in [2.45, 2.75) is 58.3 Å². The van der Waals surface area contributed by atoms with E-state index in [1.165, 1.54) is 51.4 Å². The summed E-state index contributed by atoms with van der Waals surface area (Å²) in [5.41, 5.74) is 1.03. The Kier molecular flexibility index (Phi) is 9.27. The summed E-state index contributed by atoms with van der Waals surface area (Å²) in [5.74, 6) is 0. The Balaban J connectivity index is 2.00. The lowest BCUT2D eigenvalue weighted by Gasteiger charge is -2.07. The molecular formula is C15H24BrClN2. The van der Waals surface area contributed by atoms with Crippen LogP contribution in [0.3, 0.4) is 0 Å². The standard InChI is InChI=1S/C15H24BrClN2/c1-2-3-4-5-6-7-8-9-10-18-13-11-14(16)15(17)19-12-13/h11-12,18H,2-10H2,1H3. The van der Waals surface area contributed by atoms with E-state index >= 15 is 0 Å². The Morgan fingerprint density at radius 2 is 1.74 bits per heavy atom. The van der Waals surface area contributed by atoms with Crippen molar-refractivity contribution in [1.29, 1.82) is 0 Å². The van der Waals surface area contributed by atoms with E-state index in [4.69, 9.17) is 11.6 Å². The molecule has 1 heterocycles. The summed E-state index contributed by atoms with van der Waals surface area (Å²) >= 11 is 9.22. The smallest absolute Gasteiger partial charge is 0.143 e. The monoisotopic (exact) mass is 346 g/mol. The van der Waals surface area contributed by atoms with Crippen molar-refractivity contribution < 1.29 is 0 Å². The minimum Gasteiger partial charge on any atom is -0.384 e. The number of rotatable bonds is 10. The number of hydrogen-bond donors (Lipinski definition) is 1. The normalized spacial score (nSPS) is 10.7. The quantitative estimate of drug-likeness (QED) is 0.411. The summed E-state index contributed by atoms with van der Waals surface area (Å²) in [6, 6.07) is 1.97. The predicted molar refractivity (Wildman–Crippen MR) is 88.0 cm³/mol. The summed E-state index contributed by atoms with van der Waals surface area (Å²) in [6.45, 7) is 3.26. The van der Waals surface area contributed by atoms with Gasteiger partial charge in [-0.05, 0) is 28.4 Å². The highest BCUT2D eigenvalue weighted by Gasteiger charge is 1.99. The van der Waals surface area contributed by atoms with E-state index in [2.05, 4.69) is 33.2 Å². The Hall–Kier alpha value is -0.280. The summed E-state index contributed by atoms with van der Waals surface area (Å²) in [7, 11) is 0. The minimum atomic E-state index is 0.512. The molecule has 108 valence electrons. The summed E-state index contributed by atoms with van der Waals surface area (Å²) < 4.78 is 0.843. The van der Waals surface area contributed by atoms with Crippen LogP contribution in [0.1, 0.15) is 58.3 Å². The zero-order valence-corrected chi connectivity index (χ0v) is 14.1. The van der Waals surface area contributed by atoms with Crippen LogP contribution in [0.2, 0.25) is 5.15 Å². The highest BCUT2D eigenvalue weighted by molar-refractivity contribution is 9.10. The van der Waals surface area contributed by atoms with Gasteiger partial charge < -0.3 is 5.32 Å². The molecule has 0 aliphatic heterocycles. The van der Waals surface area contributed by atoms with Gasteiger partial charge >= 0.3 is 0 Å². The fourth-order valence-electron chi connectivity index (χ4n) is 2.01. The van der Waals surface area contributed by atoms with Crippen LogP contribution < -0.4 is 5.32 Å². The highest BCUT2D eigenvalue weighted by atomic mass is 79.9. The number of hydrogen-bond acceptors (Lipinski definition) is 2. The van der Waals surface area contributed by atoms with Crippen LogP contribution >= 0.6 is 27.5 Å². The van der Waals surface area contributed by atoms with Crippen molar-refractivity contribution in [1.82, 2.24) is 4.98 Å². The van der Waals surface area contributed by atoms with E-state index in [9.17, 15) is 0 Å². The van der Waals surface area contributed by atoms with Crippen molar-refractivity contribution in [2.24, 2.45) is 0 Å². The molecule has 0 aliphatic carbocycles. The molecule has 1 aromatic heterocycles. The van der Waals surface area contributed by atoms with Gasteiger partial charge in [0.15, 0.2) is 0 Å². The molecule has 0 amide bonds. The van der Waals surface area contributed by atoms with Gasteiger partial charge in [-0.15, -0.1) is 0 Å². The number of nitrogens with zero attached hydrogens (tertiary/aromatic N) is 1. The van der Waals surface area contributed by atoms with Crippen LogP contribution in [-0.2, 0) is 0 Å². The molecule has 1 aromatic rings. The molecule has 0 fully saturated rings. The van der Waals surface area contributed by atoms with Crippen LogP contribution in [-0.4, -0.2) is 11.5 Å². The molecule has 0 unspecified atom stereocenters. The Bertz CT molecular complexity index is 358. The van der Waals surface area contributed by atoms with Crippen LogP contribution in [0.4, 0.5) is 5.69 Å². The third-order valence-corrected chi connectivity index (χ3v) is 4.29. The van der Waals surface area contributed by atoms with E-state index in [1.807, 2.05) is 6.07 Å². The SMILES string of the molecule is CCCCCCCCCCNc1cnc(Cl)c(Br)c1. The average Bonchev–Trinajstić information content (AvgIpc) is 2.41. The highest BCUT2D eigenvalue weighted by Crippen LogP contribution is 2.22. The molecule has 0 aromatic carbocycles. The lowest BCUT2D eigenvalue weighted by molar-refractivity contribution is 0.581. The third kappa shape index (κ3) is 7.78. The second-order valence-electron chi connectivity index (χ2n) is 4.90. The molecule has 19 heavy (non-hydrogen) atoms. The molecule has 0 spiro atoms. The van der Waals surface area contributed by atoms with Crippen LogP contribution in [0.25, 0.3) is 0 Å². The van der Waals surface area contributed by atoms with Gasteiger partial charge in [-0.1, -0.05) is 63.5 Å². The Morgan fingerprint density at radius 3 is 2.37 bits per heavy atom. The van der Waals surface area contributed by atoms with Crippen LogP contribution in [0.15, 0.2) is 16.7 Å². The van der Waals surface area contributed by atoms with E-state index < -0.39 is 0 Å². The predicted octanol–water partition coefficient (Wildman–Crippen LogP) is 6.05. The van der Waals surface area contributed by atoms with Crippen LogP contribution in [0.5, 0.6) is 0 Å². The molecule has 4 heteroatoms. The molecular weight excluding hydrogens is 324 g/mol. The first-order valence-corrected chi connectivity index (χ1v) is 8.46. The maximum atomic E-state index is 5.85. The first kappa shape index (κ1) is 16.8. The summed E-state index contributed by atoms with van der Waals surface area (Å²) in [4.78, 5) is 4.09. The number of unbranched alkanes of at least 4 members (excludes halogenated alkanes) is 7. The lowest BCUT2D eigenvalue weighted by Crippen LogP contribution is -2.01. The van der Waals surface area contributed by atoms with Crippen LogP contribution in [0, 0.1) is 0 Å². The molecule has 1 N–H and O–H groups in total. The van der Waals surface area contributed by atoms with Gasteiger partial charge in [0.25, 0.3) is 0 Å². The van der Waals surface area contributed by atoms with Crippen molar-refractivity contribution in [3.63, 3.8) is 0 Å². The topological polar surface area (TPSA) is 24.9 Å². The molecule has 0 saturated heterocycles. The Morgan fingerprint density at radius 1 is 1.11 bits per heavy atom. The van der Waals surface area contributed by atoms with E-state index in [1.54, 1.807) is 6.20 Å². The maximum Gasteiger partial charge on any atom is 0.143 e. The zero-order chi connectivity index (χ0) is 13.9. The lowest BCUT2D eigenvalue weighted by atomic mass is 10.1. The molecule has 0 saturated carbocycles. The fraction of sp³-hybridized carbons (Fsp3) is 0.667. The van der Waals surface area contributed by atoms with Crippen molar-refractivity contribution >= 4 is 33.2 Å². The molecule has 2 nitrogen and oxygen atoms in total. The minimum absolute atomic E-state index is 0.512. The van der Waals surface area contributed by atoms with E-state index in [-0.39, 0.29) is 0 Å². The second-order valence-corrected chi connectivity index (χ2v) is 6.11. The zero-order valence-electron chi connectivity index (χ0n) is 11.7. The molecule has 0 aliphatic rings. The largest absolute Gasteiger partial charge is 0.384 e. The van der Waals surface area contributed by atoms with Crippen molar-refractivity contribution in [3.05, 3.63) is 21.9 Å². The average molecular weight is 348 g/mol. The van der Waals surface area contributed by atoms with Crippen molar-refractivity contribution in [2.75, 3.05) is 11.9 Å². The van der Waals surface area contributed by atoms with Gasteiger partial charge in [-0.3, -0.25) is 0 Å². The summed E-state index contributed by atoms with van der Waals surface area (Å²) in [6.07, 6.45) is 12.6. The summed E-state index contributed by atoms with van der Waals surface area (Å²) in [5, 5.41) is 3.88. The van der Waals surface area contributed by atoms with Gasteiger partial charge in [0.05, 0.1) is 16.4 Å². The van der Waals surface area contributed by atoms with Gasteiger partial charge in [0, 0.05) is 6.54 Å². The number of nitrogens with one attached hydrogen (secondary N) is 1. The maximum absolute atomic E-state index is 5.85. The van der Waals surface area contributed by atoms with Gasteiger partial charge in [-0.25, -0.2) is 4.98 Å². The fourth-order valence-corrected chi connectivity index (χ4v) is 2.46. The first-order chi connectivity index (χ1) is 9.24. The van der Waals surface area contributed by atoms with E-state index in [0.29, 0.717) is 5.15 Å². The number of halogens is 2. The number of anilines is 1.